The molecule has 1 aromatic carbocycles. The quantitative estimate of drug-likeness (QED) is 0.735. The molecule has 1 unspecified atom stereocenters. The first-order valence-electron chi connectivity index (χ1n) is 9.35. The third-order valence-electron chi connectivity index (χ3n) is 5.12. The number of fused-ring (bicyclic) bond motifs is 1. The SMILES string of the molecule is CC1(NCc2cn3cccc(F)c3n2)CCN(C(=O)OCc2ccccc2)C1. The van der Waals surface area contributed by atoms with Crippen LogP contribution in [0.25, 0.3) is 5.65 Å². The highest BCUT2D eigenvalue weighted by Crippen LogP contribution is 2.22. The largest absolute Gasteiger partial charge is 0.445 e. The fraction of sp³-hybridized carbons (Fsp3) is 0.333. The third-order valence-corrected chi connectivity index (χ3v) is 5.12. The van der Waals surface area contributed by atoms with Crippen molar-refractivity contribution in [3.63, 3.8) is 0 Å². The lowest BCUT2D eigenvalue weighted by atomic mass is 10.0. The summed E-state index contributed by atoms with van der Waals surface area (Å²) in [6.45, 7) is 4.05. The van der Waals surface area contributed by atoms with Crippen LogP contribution in [0.2, 0.25) is 0 Å². The molecule has 1 N–H and O–H groups in total. The van der Waals surface area contributed by atoms with Crippen LogP contribution in [0.5, 0.6) is 0 Å². The van der Waals surface area contributed by atoms with Gasteiger partial charge in [0.2, 0.25) is 0 Å². The molecular formula is C21H23FN4O2. The van der Waals surface area contributed by atoms with Gasteiger partial charge < -0.3 is 19.4 Å². The Bertz CT molecular complexity index is 975. The summed E-state index contributed by atoms with van der Waals surface area (Å²) in [5.41, 5.74) is 1.81. The minimum absolute atomic E-state index is 0.236. The van der Waals surface area contributed by atoms with Gasteiger partial charge in [0.25, 0.3) is 0 Å². The summed E-state index contributed by atoms with van der Waals surface area (Å²) in [5, 5.41) is 3.47. The lowest BCUT2D eigenvalue weighted by Gasteiger charge is -2.25. The molecule has 1 fully saturated rings. The van der Waals surface area contributed by atoms with Gasteiger partial charge in [0.05, 0.1) is 5.69 Å². The van der Waals surface area contributed by atoms with Crippen molar-refractivity contribution >= 4 is 11.7 Å². The Balaban J connectivity index is 1.31. The minimum Gasteiger partial charge on any atom is -0.445 e. The van der Waals surface area contributed by atoms with Gasteiger partial charge in [0, 0.05) is 37.6 Å². The zero-order valence-electron chi connectivity index (χ0n) is 15.8. The average Bonchev–Trinajstić information content (AvgIpc) is 3.30. The van der Waals surface area contributed by atoms with Gasteiger partial charge in [-0.05, 0) is 31.0 Å². The van der Waals surface area contributed by atoms with E-state index < -0.39 is 0 Å². The van der Waals surface area contributed by atoms with Crippen LogP contribution in [0.3, 0.4) is 0 Å². The van der Waals surface area contributed by atoms with E-state index in [1.165, 1.54) is 6.07 Å². The van der Waals surface area contributed by atoms with E-state index in [-0.39, 0.29) is 24.1 Å². The molecule has 1 atom stereocenters. The van der Waals surface area contributed by atoms with Crippen LogP contribution in [0, 0.1) is 5.82 Å². The molecular weight excluding hydrogens is 359 g/mol. The summed E-state index contributed by atoms with van der Waals surface area (Å²) in [5.74, 6) is -0.340. The summed E-state index contributed by atoms with van der Waals surface area (Å²) < 4.78 is 20.9. The average molecular weight is 382 g/mol. The molecule has 0 spiro atoms. The monoisotopic (exact) mass is 382 g/mol. The standard InChI is InChI=1S/C21H23FN4O2/c1-21(23-12-17-13-25-10-5-8-18(22)19(25)24-17)9-11-26(15-21)20(27)28-14-16-6-3-2-4-7-16/h2-8,10,13,23H,9,11-12,14-15H2,1H3. The van der Waals surface area contributed by atoms with Gasteiger partial charge >= 0.3 is 6.09 Å². The van der Waals surface area contributed by atoms with E-state index in [9.17, 15) is 9.18 Å². The van der Waals surface area contributed by atoms with Crippen LogP contribution in [-0.2, 0) is 17.9 Å². The van der Waals surface area contributed by atoms with E-state index in [1.54, 1.807) is 21.6 Å². The van der Waals surface area contributed by atoms with Crippen LogP contribution in [0.4, 0.5) is 9.18 Å². The van der Waals surface area contributed by atoms with Crippen LogP contribution in [-0.4, -0.2) is 39.0 Å². The molecule has 3 heterocycles. The summed E-state index contributed by atoms with van der Waals surface area (Å²) in [7, 11) is 0. The van der Waals surface area contributed by atoms with Crippen molar-refractivity contribution in [3.8, 4) is 0 Å². The molecule has 0 aliphatic carbocycles. The number of aromatic nitrogens is 2. The van der Waals surface area contributed by atoms with Gasteiger partial charge in [-0.15, -0.1) is 0 Å². The Morgan fingerprint density at radius 2 is 2.11 bits per heavy atom. The molecule has 4 rings (SSSR count). The Hall–Kier alpha value is -2.93. The highest BCUT2D eigenvalue weighted by atomic mass is 19.1. The van der Waals surface area contributed by atoms with Gasteiger partial charge in [-0.3, -0.25) is 0 Å². The molecule has 0 saturated carbocycles. The zero-order valence-corrected chi connectivity index (χ0v) is 15.8. The molecule has 1 saturated heterocycles. The first-order chi connectivity index (χ1) is 13.5. The number of nitrogens with one attached hydrogen (secondary N) is 1. The lowest BCUT2D eigenvalue weighted by molar-refractivity contribution is 0.102. The first-order valence-corrected chi connectivity index (χ1v) is 9.35. The zero-order chi connectivity index (χ0) is 19.6. The number of imidazole rings is 1. The highest BCUT2D eigenvalue weighted by molar-refractivity contribution is 5.68. The maximum absolute atomic E-state index is 13.8. The second-order valence-corrected chi connectivity index (χ2v) is 7.45. The van der Waals surface area contributed by atoms with Crippen molar-refractivity contribution in [2.24, 2.45) is 0 Å². The van der Waals surface area contributed by atoms with Crippen LogP contribution in [0.15, 0.2) is 54.9 Å². The molecule has 0 radical (unpaired) electrons. The Kier molecular flexibility index (Phi) is 5.00. The Morgan fingerprint density at radius 3 is 2.89 bits per heavy atom. The predicted molar refractivity (Wildman–Crippen MR) is 103 cm³/mol. The minimum atomic E-state index is -0.340. The number of likely N-dealkylation sites (tertiary alicyclic amines) is 1. The normalized spacial score (nSPS) is 19.3. The third kappa shape index (κ3) is 3.99. The number of hydrogen-bond donors (Lipinski definition) is 1. The summed E-state index contributed by atoms with van der Waals surface area (Å²) >= 11 is 0. The molecule has 3 aromatic rings. The number of halogens is 1. The Morgan fingerprint density at radius 1 is 1.29 bits per heavy atom. The van der Waals surface area contributed by atoms with Crippen molar-refractivity contribution in [3.05, 3.63) is 71.9 Å². The molecule has 6 nitrogen and oxygen atoms in total. The molecule has 1 aliphatic heterocycles. The molecule has 0 bridgehead atoms. The van der Waals surface area contributed by atoms with E-state index >= 15 is 0 Å². The van der Waals surface area contributed by atoms with E-state index in [0.717, 1.165) is 17.7 Å². The molecule has 2 aromatic heterocycles. The van der Waals surface area contributed by atoms with E-state index in [0.29, 0.717) is 25.3 Å². The molecule has 1 amide bonds. The van der Waals surface area contributed by atoms with Crippen molar-refractivity contribution in [2.75, 3.05) is 13.1 Å². The number of pyridine rings is 1. The van der Waals surface area contributed by atoms with Gasteiger partial charge in [0.15, 0.2) is 11.5 Å². The van der Waals surface area contributed by atoms with Crippen molar-refractivity contribution in [1.82, 2.24) is 19.6 Å². The second-order valence-electron chi connectivity index (χ2n) is 7.45. The number of ether oxygens (including phenoxy) is 1. The topological polar surface area (TPSA) is 58.9 Å². The van der Waals surface area contributed by atoms with E-state index in [2.05, 4.69) is 17.2 Å². The molecule has 28 heavy (non-hydrogen) atoms. The van der Waals surface area contributed by atoms with Crippen LogP contribution >= 0.6 is 0 Å². The number of carbonyl (C=O) groups excluding carboxylic acids is 1. The lowest BCUT2D eigenvalue weighted by Crippen LogP contribution is -2.45. The highest BCUT2D eigenvalue weighted by Gasteiger charge is 2.36. The Labute approximate surface area is 162 Å². The fourth-order valence-corrected chi connectivity index (χ4v) is 3.49. The fourth-order valence-electron chi connectivity index (χ4n) is 3.49. The maximum Gasteiger partial charge on any atom is 0.410 e. The number of hydrogen-bond acceptors (Lipinski definition) is 4. The molecule has 7 heteroatoms. The number of benzene rings is 1. The smallest absolute Gasteiger partial charge is 0.410 e. The van der Waals surface area contributed by atoms with Gasteiger partial charge in [0.1, 0.15) is 6.61 Å². The van der Waals surface area contributed by atoms with Gasteiger partial charge in [-0.25, -0.2) is 14.2 Å². The van der Waals surface area contributed by atoms with Crippen molar-refractivity contribution < 1.29 is 13.9 Å². The first kappa shape index (κ1) is 18.4. The number of carbonyl (C=O) groups is 1. The van der Waals surface area contributed by atoms with Crippen molar-refractivity contribution in [2.45, 2.75) is 32.0 Å². The molecule has 1 aliphatic rings. The summed E-state index contributed by atoms with van der Waals surface area (Å²) in [6, 6.07) is 12.7. The van der Waals surface area contributed by atoms with Crippen molar-refractivity contribution in [1.29, 1.82) is 0 Å². The van der Waals surface area contributed by atoms with Gasteiger partial charge in [-0.1, -0.05) is 30.3 Å². The van der Waals surface area contributed by atoms with Gasteiger partial charge in [-0.2, -0.15) is 0 Å². The molecule has 146 valence electrons. The second kappa shape index (κ2) is 7.59. The number of rotatable bonds is 5. The predicted octanol–water partition coefficient (Wildman–Crippen LogP) is 3.36. The van der Waals surface area contributed by atoms with E-state index in [1.807, 2.05) is 36.5 Å². The van der Waals surface area contributed by atoms with E-state index in [4.69, 9.17) is 4.74 Å². The van der Waals surface area contributed by atoms with Crippen LogP contribution in [0.1, 0.15) is 24.6 Å². The summed E-state index contributed by atoms with van der Waals surface area (Å²) in [4.78, 5) is 18.4. The maximum atomic E-state index is 13.8. The number of amides is 1. The number of nitrogens with zero attached hydrogens (tertiary/aromatic N) is 3. The summed E-state index contributed by atoms with van der Waals surface area (Å²) in [6.07, 6.45) is 4.10. The van der Waals surface area contributed by atoms with Crippen LogP contribution < -0.4 is 5.32 Å².